The summed E-state index contributed by atoms with van der Waals surface area (Å²) in [6, 6.07) is 5.44. The number of nitrogens with one attached hydrogen (secondary N) is 2. The second-order valence-electron chi connectivity index (χ2n) is 3.45. The van der Waals surface area contributed by atoms with Gasteiger partial charge in [0.15, 0.2) is 0 Å². The summed E-state index contributed by atoms with van der Waals surface area (Å²) < 4.78 is 0. The number of hydrogen-bond donors (Lipinski definition) is 4. The zero-order chi connectivity index (χ0) is 12.7. The van der Waals surface area contributed by atoms with E-state index in [4.69, 9.17) is 10.2 Å². The molecule has 4 N–H and O–H groups in total. The Kier molecular flexibility index (Phi) is 5.12. The number of hydrazine groups is 1. The van der Waals surface area contributed by atoms with Crippen molar-refractivity contribution in [1.29, 1.82) is 0 Å². The Bertz CT molecular complexity index is 378. The Morgan fingerprint density at radius 1 is 1.35 bits per heavy atom. The highest BCUT2D eigenvalue weighted by atomic mass is 16.4. The van der Waals surface area contributed by atoms with E-state index in [1.165, 1.54) is 12.1 Å². The van der Waals surface area contributed by atoms with Crippen molar-refractivity contribution in [2.24, 2.45) is 0 Å². The van der Waals surface area contributed by atoms with E-state index >= 15 is 0 Å². The van der Waals surface area contributed by atoms with Gasteiger partial charge >= 0.3 is 5.97 Å². The third-order valence-corrected chi connectivity index (χ3v) is 2.14. The molecule has 6 nitrogen and oxygen atoms in total. The van der Waals surface area contributed by atoms with Crippen molar-refractivity contribution in [3.05, 3.63) is 29.8 Å². The number of carbonyl (C=O) groups is 2. The standard InChI is InChI=1S/C11H14N2O4/c14-6-5-12-13-10(11(16)17)7-8-1-3-9(15)4-2-8/h1-4,6,10,12-13,15H,5,7H2,(H,16,17)/t10-/m0/s1. The van der Waals surface area contributed by atoms with Crippen LogP contribution in [0, 0.1) is 0 Å². The quantitative estimate of drug-likeness (QED) is 0.295. The van der Waals surface area contributed by atoms with Crippen molar-refractivity contribution in [2.45, 2.75) is 12.5 Å². The second-order valence-corrected chi connectivity index (χ2v) is 3.45. The summed E-state index contributed by atoms with van der Waals surface area (Å²) in [6.45, 7) is 0.0410. The molecule has 0 saturated heterocycles. The van der Waals surface area contributed by atoms with Crippen LogP contribution in [0.3, 0.4) is 0 Å². The minimum atomic E-state index is -1.02. The fourth-order valence-corrected chi connectivity index (χ4v) is 1.29. The van der Waals surface area contributed by atoms with Crippen molar-refractivity contribution in [3.8, 4) is 5.75 Å². The molecule has 17 heavy (non-hydrogen) atoms. The first-order valence-corrected chi connectivity index (χ1v) is 5.06. The van der Waals surface area contributed by atoms with Crippen molar-refractivity contribution < 1.29 is 19.8 Å². The van der Waals surface area contributed by atoms with Crippen molar-refractivity contribution >= 4 is 12.3 Å². The van der Waals surface area contributed by atoms with E-state index in [2.05, 4.69) is 10.9 Å². The van der Waals surface area contributed by atoms with E-state index < -0.39 is 12.0 Å². The third kappa shape index (κ3) is 4.62. The van der Waals surface area contributed by atoms with Gasteiger partial charge in [0.25, 0.3) is 0 Å². The normalized spacial score (nSPS) is 12.0. The number of hydrogen-bond acceptors (Lipinski definition) is 5. The molecule has 0 aromatic heterocycles. The number of rotatable bonds is 7. The van der Waals surface area contributed by atoms with E-state index in [1.54, 1.807) is 12.1 Å². The Labute approximate surface area is 98.2 Å². The molecule has 1 rings (SSSR count). The van der Waals surface area contributed by atoms with Gasteiger partial charge in [-0.25, -0.2) is 10.9 Å². The summed E-state index contributed by atoms with van der Waals surface area (Å²) in [5.41, 5.74) is 5.81. The Morgan fingerprint density at radius 3 is 2.53 bits per heavy atom. The topological polar surface area (TPSA) is 98.7 Å². The van der Waals surface area contributed by atoms with Gasteiger partial charge in [0, 0.05) is 0 Å². The van der Waals surface area contributed by atoms with Crippen molar-refractivity contribution in [3.63, 3.8) is 0 Å². The number of carboxylic acids is 1. The molecular formula is C11H14N2O4. The Balaban J connectivity index is 2.56. The highest BCUT2D eigenvalue weighted by Gasteiger charge is 2.16. The lowest BCUT2D eigenvalue weighted by Gasteiger charge is -2.14. The molecule has 6 heteroatoms. The molecule has 0 radical (unpaired) electrons. The molecule has 0 bridgehead atoms. The molecular weight excluding hydrogens is 224 g/mol. The van der Waals surface area contributed by atoms with E-state index in [1.807, 2.05) is 0 Å². The fourth-order valence-electron chi connectivity index (χ4n) is 1.29. The van der Waals surface area contributed by atoms with Gasteiger partial charge in [-0.3, -0.25) is 4.79 Å². The first-order chi connectivity index (χ1) is 8.13. The lowest BCUT2D eigenvalue weighted by atomic mass is 10.1. The van der Waals surface area contributed by atoms with Gasteiger partial charge in [-0.05, 0) is 24.1 Å². The molecule has 0 unspecified atom stereocenters. The highest BCUT2D eigenvalue weighted by molar-refractivity contribution is 5.73. The minimum Gasteiger partial charge on any atom is -0.508 e. The molecule has 0 spiro atoms. The van der Waals surface area contributed by atoms with Crippen LogP contribution in [0.15, 0.2) is 24.3 Å². The van der Waals surface area contributed by atoms with E-state index in [0.717, 1.165) is 5.56 Å². The SMILES string of the molecule is O=CCNN[C@@H](Cc1ccc(O)cc1)C(=O)O. The molecule has 0 saturated carbocycles. The van der Waals surface area contributed by atoms with Crippen LogP contribution >= 0.6 is 0 Å². The number of carbonyl (C=O) groups excluding carboxylic acids is 1. The molecule has 0 aliphatic rings. The highest BCUT2D eigenvalue weighted by Crippen LogP contribution is 2.11. The minimum absolute atomic E-state index is 0.0410. The average molecular weight is 238 g/mol. The van der Waals surface area contributed by atoms with Crippen LogP contribution in [0.4, 0.5) is 0 Å². The number of carboxylic acid groups (broad SMARTS) is 1. The van der Waals surface area contributed by atoms with Gasteiger partial charge in [-0.15, -0.1) is 0 Å². The van der Waals surface area contributed by atoms with Gasteiger partial charge in [0.1, 0.15) is 18.1 Å². The molecule has 0 heterocycles. The summed E-state index contributed by atoms with van der Waals surface area (Å²) >= 11 is 0. The average Bonchev–Trinajstić information content (AvgIpc) is 2.30. The number of aromatic hydroxyl groups is 1. The van der Waals surface area contributed by atoms with Crippen LogP contribution in [0.2, 0.25) is 0 Å². The molecule has 1 atom stereocenters. The predicted octanol–water partition coefficient (Wildman–Crippen LogP) is -0.319. The molecule has 92 valence electrons. The summed E-state index contributed by atoms with van der Waals surface area (Å²) in [4.78, 5) is 21.0. The van der Waals surface area contributed by atoms with Gasteiger partial charge in [0.2, 0.25) is 0 Å². The van der Waals surface area contributed by atoms with Crippen LogP contribution in [-0.2, 0) is 16.0 Å². The third-order valence-electron chi connectivity index (χ3n) is 2.14. The number of aliphatic carboxylic acids is 1. The molecule has 0 aliphatic carbocycles. The number of aldehydes is 1. The van der Waals surface area contributed by atoms with Crippen LogP contribution < -0.4 is 10.9 Å². The second kappa shape index (κ2) is 6.62. The van der Waals surface area contributed by atoms with Crippen molar-refractivity contribution in [1.82, 2.24) is 10.9 Å². The van der Waals surface area contributed by atoms with Gasteiger partial charge in [0.05, 0.1) is 6.54 Å². The van der Waals surface area contributed by atoms with Gasteiger partial charge in [-0.1, -0.05) is 12.1 Å². The summed E-state index contributed by atoms with van der Waals surface area (Å²) in [6.07, 6.45) is 0.883. The van der Waals surface area contributed by atoms with Crippen LogP contribution in [0.1, 0.15) is 5.56 Å². The van der Waals surface area contributed by atoms with Gasteiger partial charge in [-0.2, -0.15) is 0 Å². The predicted molar refractivity (Wildman–Crippen MR) is 60.4 cm³/mol. The number of phenolic OH excluding ortho intramolecular Hbond substituents is 1. The van der Waals surface area contributed by atoms with E-state index in [-0.39, 0.29) is 18.7 Å². The van der Waals surface area contributed by atoms with E-state index in [0.29, 0.717) is 6.29 Å². The molecule has 0 amide bonds. The maximum Gasteiger partial charge on any atom is 0.322 e. The first-order valence-electron chi connectivity index (χ1n) is 5.06. The number of benzene rings is 1. The van der Waals surface area contributed by atoms with Crippen LogP contribution in [0.25, 0.3) is 0 Å². The monoisotopic (exact) mass is 238 g/mol. The lowest BCUT2D eigenvalue weighted by Crippen LogP contribution is -2.47. The Hall–Kier alpha value is -1.92. The fraction of sp³-hybridized carbons (Fsp3) is 0.273. The molecule has 1 aromatic carbocycles. The van der Waals surface area contributed by atoms with Gasteiger partial charge < -0.3 is 15.0 Å². The molecule has 1 aromatic rings. The van der Waals surface area contributed by atoms with Crippen LogP contribution in [-0.4, -0.2) is 35.1 Å². The number of phenols is 1. The molecule has 0 aliphatic heterocycles. The smallest absolute Gasteiger partial charge is 0.322 e. The summed E-state index contributed by atoms with van der Waals surface area (Å²) in [7, 11) is 0. The van der Waals surface area contributed by atoms with Crippen LogP contribution in [0.5, 0.6) is 5.75 Å². The maximum absolute atomic E-state index is 10.9. The Morgan fingerprint density at radius 2 is 2.00 bits per heavy atom. The zero-order valence-corrected chi connectivity index (χ0v) is 9.09. The van der Waals surface area contributed by atoms with Crippen molar-refractivity contribution in [2.75, 3.05) is 6.54 Å². The maximum atomic E-state index is 10.9. The van der Waals surface area contributed by atoms with E-state index in [9.17, 15) is 9.59 Å². The summed E-state index contributed by atoms with van der Waals surface area (Å²) in [5, 5.41) is 18.0. The zero-order valence-electron chi connectivity index (χ0n) is 9.09. The molecule has 0 fully saturated rings. The largest absolute Gasteiger partial charge is 0.508 e. The lowest BCUT2D eigenvalue weighted by molar-refractivity contribution is -0.139. The summed E-state index contributed by atoms with van der Waals surface area (Å²) in [5.74, 6) is -0.885. The first kappa shape index (κ1) is 13.1.